The lowest BCUT2D eigenvalue weighted by Crippen LogP contribution is -2.33. The predicted molar refractivity (Wildman–Crippen MR) is 75.7 cm³/mol. The molecule has 1 aromatic carbocycles. The largest absolute Gasteiger partial charge is 0.452 e. The van der Waals surface area contributed by atoms with E-state index in [2.05, 4.69) is 5.32 Å². The zero-order valence-electron chi connectivity index (χ0n) is 11.0. The summed E-state index contributed by atoms with van der Waals surface area (Å²) >= 11 is 1.41. The van der Waals surface area contributed by atoms with Crippen LogP contribution >= 0.6 is 11.8 Å². The number of esters is 1. The van der Waals surface area contributed by atoms with Crippen LogP contribution in [-0.4, -0.2) is 24.5 Å². The molecule has 0 heterocycles. The van der Waals surface area contributed by atoms with Crippen LogP contribution in [0.3, 0.4) is 0 Å². The van der Waals surface area contributed by atoms with Gasteiger partial charge in [0, 0.05) is 17.0 Å². The fourth-order valence-corrected chi connectivity index (χ4v) is 1.87. The van der Waals surface area contributed by atoms with Crippen LogP contribution in [0.4, 0.5) is 0 Å². The lowest BCUT2D eigenvalue weighted by Gasteiger charge is -2.07. The Morgan fingerprint density at radius 3 is 2.63 bits per heavy atom. The monoisotopic (exact) mass is 279 g/mol. The highest BCUT2D eigenvalue weighted by Gasteiger charge is 2.05. The molecule has 0 bridgehead atoms. The summed E-state index contributed by atoms with van der Waals surface area (Å²) in [5.74, 6) is -0.824. The molecule has 102 valence electrons. The second-order valence-corrected chi connectivity index (χ2v) is 5.04. The first-order chi connectivity index (χ1) is 9.08. The molecular formula is C14H17NO3S. The van der Waals surface area contributed by atoms with Gasteiger partial charge in [0.2, 0.25) is 0 Å². The van der Waals surface area contributed by atoms with Gasteiger partial charge in [-0.3, -0.25) is 4.79 Å². The molecule has 0 saturated carbocycles. The molecule has 0 unspecified atom stereocenters. The highest BCUT2D eigenvalue weighted by atomic mass is 32.2. The summed E-state index contributed by atoms with van der Waals surface area (Å²) in [5, 5.41) is 4.27. The van der Waals surface area contributed by atoms with E-state index in [0.29, 0.717) is 0 Å². The minimum absolute atomic E-state index is 0.0374. The van der Waals surface area contributed by atoms with E-state index < -0.39 is 5.97 Å². The SMILES string of the molecule is CC(C)NC(=O)COC(=O)/C=C/Sc1ccccc1. The van der Waals surface area contributed by atoms with Gasteiger partial charge in [0.05, 0.1) is 0 Å². The predicted octanol–water partition coefficient (Wildman–Crippen LogP) is 2.36. The molecule has 1 rings (SSSR count). The first kappa shape index (κ1) is 15.3. The van der Waals surface area contributed by atoms with Gasteiger partial charge >= 0.3 is 5.97 Å². The summed E-state index contributed by atoms with van der Waals surface area (Å²) < 4.78 is 4.79. The number of rotatable bonds is 6. The number of nitrogens with one attached hydrogen (secondary N) is 1. The van der Waals surface area contributed by atoms with Crippen molar-refractivity contribution >= 4 is 23.6 Å². The van der Waals surface area contributed by atoms with E-state index in [1.54, 1.807) is 5.41 Å². The van der Waals surface area contributed by atoms with Crippen LogP contribution in [0.15, 0.2) is 46.7 Å². The number of carbonyl (C=O) groups is 2. The minimum Gasteiger partial charge on any atom is -0.452 e. The van der Waals surface area contributed by atoms with Crippen molar-refractivity contribution in [2.45, 2.75) is 24.8 Å². The Labute approximate surface area is 117 Å². The smallest absolute Gasteiger partial charge is 0.331 e. The Hall–Kier alpha value is -1.75. The third-order valence-corrected chi connectivity index (χ3v) is 2.76. The van der Waals surface area contributed by atoms with E-state index in [-0.39, 0.29) is 18.6 Å². The Morgan fingerprint density at radius 2 is 2.00 bits per heavy atom. The van der Waals surface area contributed by atoms with Gasteiger partial charge in [-0.25, -0.2) is 4.79 Å². The lowest BCUT2D eigenvalue weighted by molar-refractivity contribution is -0.144. The lowest BCUT2D eigenvalue weighted by atomic mass is 10.4. The average molecular weight is 279 g/mol. The third-order valence-electron chi connectivity index (χ3n) is 1.95. The van der Waals surface area contributed by atoms with Gasteiger partial charge in [-0.05, 0) is 31.4 Å². The van der Waals surface area contributed by atoms with Gasteiger partial charge in [-0.1, -0.05) is 30.0 Å². The second-order valence-electron chi connectivity index (χ2n) is 4.06. The molecule has 19 heavy (non-hydrogen) atoms. The maximum Gasteiger partial charge on any atom is 0.331 e. The van der Waals surface area contributed by atoms with Crippen molar-refractivity contribution in [1.82, 2.24) is 5.32 Å². The molecular weight excluding hydrogens is 262 g/mol. The molecule has 5 heteroatoms. The third kappa shape index (κ3) is 7.31. The Bertz CT molecular complexity index is 443. The van der Waals surface area contributed by atoms with Crippen molar-refractivity contribution < 1.29 is 14.3 Å². The second kappa shape index (κ2) is 8.37. The summed E-state index contributed by atoms with van der Waals surface area (Å²) in [6, 6.07) is 9.69. The molecule has 0 radical (unpaired) electrons. The maximum atomic E-state index is 11.3. The summed E-state index contributed by atoms with van der Waals surface area (Å²) in [7, 11) is 0. The van der Waals surface area contributed by atoms with E-state index in [9.17, 15) is 9.59 Å². The first-order valence-electron chi connectivity index (χ1n) is 5.92. The van der Waals surface area contributed by atoms with Crippen molar-refractivity contribution in [2.75, 3.05) is 6.61 Å². The molecule has 0 aliphatic heterocycles. The number of hydrogen-bond donors (Lipinski definition) is 1. The summed E-state index contributed by atoms with van der Waals surface area (Å²) in [4.78, 5) is 23.6. The molecule has 0 atom stereocenters. The van der Waals surface area contributed by atoms with Gasteiger partial charge in [0.1, 0.15) is 0 Å². The van der Waals surface area contributed by atoms with Gasteiger partial charge in [-0.2, -0.15) is 0 Å². The van der Waals surface area contributed by atoms with Crippen molar-refractivity contribution in [3.8, 4) is 0 Å². The van der Waals surface area contributed by atoms with E-state index in [1.807, 2.05) is 44.2 Å². The fourth-order valence-electron chi connectivity index (χ4n) is 1.22. The molecule has 0 aliphatic rings. The molecule has 1 amide bonds. The molecule has 0 fully saturated rings. The zero-order chi connectivity index (χ0) is 14.1. The zero-order valence-corrected chi connectivity index (χ0v) is 11.8. The first-order valence-corrected chi connectivity index (χ1v) is 6.80. The highest BCUT2D eigenvalue weighted by molar-refractivity contribution is 8.02. The Balaban J connectivity index is 2.26. The van der Waals surface area contributed by atoms with Crippen molar-refractivity contribution in [1.29, 1.82) is 0 Å². The van der Waals surface area contributed by atoms with E-state index in [1.165, 1.54) is 17.8 Å². The standard InChI is InChI=1S/C14H17NO3S/c1-11(2)15-13(16)10-18-14(17)8-9-19-12-6-4-3-5-7-12/h3-9,11H,10H2,1-2H3,(H,15,16)/b9-8+. The minimum atomic E-state index is -0.526. The van der Waals surface area contributed by atoms with Crippen LogP contribution in [0.5, 0.6) is 0 Å². The van der Waals surface area contributed by atoms with E-state index in [0.717, 1.165) is 4.90 Å². The molecule has 1 N–H and O–H groups in total. The van der Waals surface area contributed by atoms with E-state index >= 15 is 0 Å². The maximum absolute atomic E-state index is 11.3. The van der Waals surface area contributed by atoms with Gasteiger partial charge < -0.3 is 10.1 Å². The normalized spacial score (nSPS) is 10.7. The molecule has 0 saturated heterocycles. The molecule has 4 nitrogen and oxygen atoms in total. The topological polar surface area (TPSA) is 55.4 Å². The molecule has 0 spiro atoms. The molecule has 0 aromatic heterocycles. The van der Waals surface area contributed by atoms with Crippen LogP contribution in [0.1, 0.15) is 13.8 Å². The van der Waals surface area contributed by atoms with Crippen molar-refractivity contribution in [2.24, 2.45) is 0 Å². The van der Waals surface area contributed by atoms with Crippen molar-refractivity contribution in [3.05, 3.63) is 41.8 Å². The van der Waals surface area contributed by atoms with E-state index in [4.69, 9.17) is 4.74 Å². The van der Waals surface area contributed by atoms with Crippen LogP contribution in [0.25, 0.3) is 0 Å². The number of benzene rings is 1. The quantitative estimate of drug-likeness (QED) is 0.493. The van der Waals surface area contributed by atoms with Crippen LogP contribution < -0.4 is 5.32 Å². The number of thioether (sulfide) groups is 1. The highest BCUT2D eigenvalue weighted by Crippen LogP contribution is 2.17. The number of carbonyl (C=O) groups excluding carboxylic acids is 2. The molecule has 0 aliphatic carbocycles. The Morgan fingerprint density at radius 1 is 1.32 bits per heavy atom. The van der Waals surface area contributed by atoms with Gasteiger partial charge in [-0.15, -0.1) is 0 Å². The van der Waals surface area contributed by atoms with Crippen LogP contribution in [-0.2, 0) is 14.3 Å². The van der Waals surface area contributed by atoms with Crippen LogP contribution in [0, 0.1) is 0 Å². The van der Waals surface area contributed by atoms with Crippen molar-refractivity contribution in [3.63, 3.8) is 0 Å². The van der Waals surface area contributed by atoms with Crippen LogP contribution in [0.2, 0.25) is 0 Å². The summed E-state index contributed by atoms with van der Waals surface area (Å²) in [5.41, 5.74) is 0. The Kier molecular flexibility index (Phi) is 6.74. The average Bonchev–Trinajstić information content (AvgIpc) is 2.37. The fraction of sp³-hybridized carbons (Fsp3) is 0.286. The summed E-state index contributed by atoms with van der Waals surface area (Å²) in [6.07, 6.45) is 1.31. The van der Waals surface area contributed by atoms with Gasteiger partial charge in [0.25, 0.3) is 5.91 Å². The van der Waals surface area contributed by atoms with Gasteiger partial charge in [0.15, 0.2) is 6.61 Å². The number of amides is 1. The molecule has 1 aromatic rings. The summed E-state index contributed by atoms with van der Waals surface area (Å²) in [6.45, 7) is 3.43. The number of ether oxygens (including phenoxy) is 1. The number of hydrogen-bond acceptors (Lipinski definition) is 4.